The largest absolute Gasteiger partial charge is 0.497 e. The van der Waals surface area contributed by atoms with Crippen molar-refractivity contribution in [1.82, 2.24) is 15.1 Å². The molecule has 0 bridgehead atoms. The van der Waals surface area contributed by atoms with Gasteiger partial charge in [-0.3, -0.25) is 9.59 Å². The third-order valence-electron chi connectivity index (χ3n) is 4.47. The van der Waals surface area contributed by atoms with Crippen molar-refractivity contribution in [3.05, 3.63) is 58.7 Å². The van der Waals surface area contributed by atoms with E-state index in [0.29, 0.717) is 33.5 Å². The van der Waals surface area contributed by atoms with Crippen LogP contribution in [-0.4, -0.2) is 47.5 Å². The second-order valence-corrected chi connectivity index (χ2v) is 6.79. The molecule has 3 aromatic rings. The standard InChI is InChI=1S/C21H20ClN3O5/c1-12-19(21(28)23-11-18(26)27)24-25(16-9-6-14(22)10-17(16)30-3)20(12)13-4-7-15(29-2)8-5-13/h4-10H,11H2,1-3H3,(H,23,28)(H,26,27). The maximum atomic E-state index is 12.6. The van der Waals surface area contributed by atoms with Crippen LogP contribution >= 0.6 is 11.6 Å². The van der Waals surface area contributed by atoms with E-state index in [4.69, 9.17) is 26.2 Å². The fourth-order valence-electron chi connectivity index (χ4n) is 3.04. The number of carboxylic acid groups (broad SMARTS) is 1. The summed E-state index contributed by atoms with van der Waals surface area (Å²) >= 11 is 6.09. The lowest BCUT2D eigenvalue weighted by Gasteiger charge is -2.13. The Morgan fingerprint density at radius 3 is 2.43 bits per heavy atom. The number of benzene rings is 2. The molecule has 0 unspecified atom stereocenters. The van der Waals surface area contributed by atoms with Crippen molar-refractivity contribution >= 4 is 23.5 Å². The fraction of sp³-hybridized carbons (Fsp3) is 0.190. The van der Waals surface area contributed by atoms with Crippen molar-refractivity contribution in [2.75, 3.05) is 20.8 Å². The van der Waals surface area contributed by atoms with Crippen molar-refractivity contribution in [2.45, 2.75) is 6.92 Å². The normalized spacial score (nSPS) is 10.5. The third-order valence-corrected chi connectivity index (χ3v) is 4.71. The molecule has 0 radical (unpaired) electrons. The van der Waals surface area contributed by atoms with Crippen LogP contribution in [0.5, 0.6) is 11.5 Å². The summed E-state index contributed by atoms with van der Waals surface area (Å²) in [4.78, 5) is 23.4. The Bertz CT molecular complexity index is 1090. The quantitative estimate of drug-likeness (QED) is 0.597. The van der Waals surface area contributed by atoms with E-state index in [1.165, 1.54) is 7.11 Å². The van der Waals surface area contributed by atoms with E-state index in [1.54, 1.807) is 49.0 Å². The van der Waals surface area contributed by atoms with Gasteiger partial charge in [-0.2, -0.15) is 5.10 Å². The second-order valence-electron chi connectivity index (χ2n) is 6.36. The average molecular weight is 430 g/mol. The number of rotatable bonds is 7. The number of nitrogens with zero attached hydrogens (tertiary/aromatic N) is 2. The number of aromatic nitrogens is 2. The number of amides is 1. The Morgan fingerprint density at radius 2 is 1.83 bits per heavy atom. The van der Waals surface area contributed by atoms with E-state index in [2.05, 4.69) is 10.4 Å². The zero-order valence-electron chi connectivity index (χ0n) is 16.6. The van der Waals surface area contributed by atoms with E-state index >= 15 is 0 Å². The number of hydrogen-bond donors (Lipinski definition) is 2. The molecule has 3 rings (SSSR count). The van der Waals surface area contributed by atoms with Gasteiger partial charge in [-0.1, -0.05) is 11.6 Å². The van der Waals surface area contributed by atoms with Crippen LogP contribution in [0, 0.1) is 6.92 Å². The first-order valence-corrected chi connectivity index (χ1v) is 9.31. The summed E-state index contributed by atoms with van der Waals surface area (Å²) in [6.45, 7) is 1.24. The van der Waals surface area contributed by atoms with Gasteiger partial charge in [-0.25, -0.2) is 4.68 Å². The minimum atomic E-state index is -1.14. The lowest BCUT2D eigenvalue weighted by Crippen LogP contribution is -2.30. The van der Waals surface area contributed by atoms with Crippen LogP contribution in [-0.2, 0) is 4.79 Å². The number of halogens is 1. The van der Waals surface area contributed by atoms with Gasteiger partial charge in [0.15, 0.2) is 5.69 Å². The highest BCUT2D eigenvalue weighted by atomic mass is 35.5. The lowest BCUT2D eigenvalue weighted by atomic mass is 10.1. The van der Waals surface area contributed by atoms with Crippen LogP contribution in [0.25, 0.3) is 16.9 Å². The Hall–Kier alpha value is -3.52. The van der Waals surface area contributed by atoms with Gasteiger partial charge < -0.3 is 19.9 Å². The molecule has 0 saturated heterocycles. The van der Waals surface area contributed by atoms with Gasteiger partial charge in [0.05, 0.1) is 19.9 Å². The predicted molar refractivity (Wildman–Crippen MR) is 112 cm³/mol. The zero-order valence-corrected chi connectivity index (χ0v) is 17.4. The number of aliphatic carboxylic acids is 1. The maximum Gasteiger partial charge on any atom is 0.322 e. The summed E-state index contributed by atoms with van der Waals surface area (Å²) in [5.74, 6) is -0.574. The maximum absolute atomic E-state index is 12.6. The van der Waals surface area contributed by atoms with Gasteiger partial charge in [-0.05, 0) is 43.3 Å². The molecule has 1 heterocycles. The van der Waals surface area contributed by atoms with Crippen LogP contribution in [0.4, 0.5) is 0 Å². The highest BCUT2D eigenvalue weighted by molar-refractivity contribution is 6.30. The Labute approximate surface area is 178 Å². The summed E-state index contributed by atoms with van der Waals surface area (Å²) in [6.07, 6.45) is 0. The number of carboxylic acids is 1. The molecule has 0 fully saturated rings. The first kappa shape index (κ1) is 21.2. The van der Waals surface area contributed by atoms with Crippen molar-refractivity contribution < 1.29 is 24.2 Å². The molecule has 0 aliphatic carbocycles. The van der Waals surface area contributed by atoms with Gasteiger partial charge in [-0.15, -0.1) is 0 Å². The molecule has 0 atom stereocenters. The van der Waals surface area contributed by atoms with E-state index in [-0.39, 0.29) is 5.69 Å². The number of carbonyl (C=O) groups is 2. The van der Waals surface area contributed by atoms with Crippen molar-refractivity contribution in [1.29, 1.82) is 0 Å². The molecule has 2 aromatic carbocycles. The van der Waals surface area contributed by atoms with Gasteiger partial charge in [0.2, 0.25) is 0 Å². The number of methoxy groups -OCH3 is 2. The topological polar surface area (TPSA) is 103 Å². The van der Waals surface area contributed by atoms with Crippen LogP contribution < -0.4 is 14.8 Å². The number of carbonyl (C=O) groups excluding carboxylic acids is 1. The van der Waals surface area contributed by atoms with Crippen molar-refractivity contribution in [3.63, 3.8) is 0 Å². The lowest BCUT2D eigenvalue weighted by molar-refractivity contribution is -0.135. The molecular formula is C21H20ClN3O5. The minimum absolute atomic E-state index is 0.110. The van der Waals surface area contributed by atoms with Crippen molar-refractivity contribution in [3.8, 4) is 28.4 Å². The van der Waals surface area contributed by atoms with Crippen molar-refractivity contribution in [2.24, 2.45) is 0 Å². The molecule has 0 aliphatic rings. The first-order valence-electron chi connectivity index (χ1n) is 8.93. The molecule has 8 nitrogen and oxygen atoms in total. The number of hydrogen-bond acceptors (Lipinski definition) is 5. The molecule has 0 saturated carbocycles. The van der Waals surface area contributed by atoms with Crippen LogP contribution in [0.2, 0.25) is 5.02 Å². The molecule has 1 amide bonds. The minimum Gasteiger partial charge on any atom is -0.497 e. The fourth-order valence-corrected chi connectivity index (χ4v) is 3.20. The number of ether oxygens (including phenoxy) is 2. The first-order chi connectivity index (χ1) is 14.3. The van der Waals surface area contributed by atoms with Gasteiger partial charge >= 0.3 is 5.97 Å². The molecule has 0 aliphatic heterocycles. The summed E-state index contributed by atoms with van der Waals surface area (Å²) in [5.41, 5.74) is 2.71. The van der Waals surface area contributed by atoms with Crippen LogP contribution in [0.1, 0.15) is 16.1 Å². The van der Waals surface area contributed by atoms with Gasteiger partial charge in [0.25, 0.3) is 5.91 Å². The monoisotopic (exact) mass is 429 g/mol. The van der Waals surface area contributed by atoms with E-state index in [9.17, 15) is 9.59 Å². The summed E-state index contributed by atoms with van der Waals surface area (Å²) < 4.78 is 12.3. The molecule has 9 heteroatoms. The van der Waals surface area contributed by atoms with Crippen LogP contribution in [0.15, 0.2) is 42.5 Å². The highest BCUT2D eigenvalue weighted by Crippen LogP contribution is 2.34. The predicted octanol–water partition coefficient (Wildman–Crippen LogP) is 3.33. The van der Waals surface area contributed by atoms with E-state index < -0.39 is 18.4 Å². The van der Waals surface area contributed by atoms with Crippen LogP contribution in [0.3, 0.4) is 0 Å². The Balaban J connectivity index is 2.20. The Kier molecular flexibility index (Phi) is 6.27. The van der Waals surface area contributed by atoms with E-state index in [1.807, 2.05) is 12.1 Å². The summed E-state index contributed by atoms with van der Waals surface area (Å²) in [5, 5.41) is 16.2. The highest BCUT2D eigenvalue weighted by Gasteiger charge is 2.24. The van der Waals surface area contributed by atoms with Gasteiger partial charge in [0.1, 0.15) is 23.7 Å². The summed E-state index contributed by atoms with van der Waals surface area (Å²) in [6, 6.07) is 12.4. The molecule has 1 aromatic heterocycles. The summed E-state index contributed by atoms with van der Waals surface area (Å²) in [7, 11) is 3.09. The van der Waals surface area contributed by atoms with E-state index in [0.717, 1.165) is 5.56 Å². The third kappa shape index (κ3) is 4.23. The average Bonchev–Trinajstić information content (AvgIpc) is 3.08. The molecule has 2 N–H and O–H groups in total. The SMILES string of the molecule is COc1ccc(-c2c(C)c(C(=O)NCC(=O)O)nn2-c2ccc(Cl)cc2OC)cc1. The van der Waals surface area contributed by atoms with Gasteiger partial charge in [0, 0.05) is 22.2 Å². The molecule has 0 spiro atoms. The second kappa shape index (κ2) is 8.87. The zero-order chi connectivity index (χ0) is 21.8. The number of nitrogens with one attached hydrogen (secondary N) is 1. The smallest absolute Gasteiger partial charge is 0.322 e. The molecule has 30 heavy (non-hydrogen) atoms. The molecular weight excluding hydrogens is 410 g/mol. The molecule has 156 valence electrons. The Morgan fingerprint density at radius 1 is 1.13 bits per heavy atom.